The van der Waals surface area contributed by atoms with Crippen LogP contribution in [-0.4, -0.2) is 18.6 Å². The first-order valence-corrected chi connectivity index (χ1v) is 6.30. The van der Waals surface area contributed by atoms with Crippen molar-refractivity contribution < 1.29 is 9.53 Å². The van der Waals surface area contributed by atoms with Gasteiger partial charge in [-0.15, -0.1) is 6.58 Å². The summed E-state index contributed by atoms with van der Waals surface area (Å²) in [5.74, 6) is 1.15. The summed E-state index contributed by atoms with van der Waals surface area (Å²) in [6, 6.07) is 7.69. The monoisotopic (exact) mass is 245 g/mol. The number of rotatable bonds is 4. The van der Waals surface area contributed by atoms with E-state index in [9.17, 15) is 4.79 Å². The minimum atomic E-state index is 0.0963. The van der Waals surface area contributed by atoms with Crippen molar-refractivity contribution in [1.82, 2.24) is 0 Å². The third kappa shape index (κ3) is 2.55. The SMILES string of the molecule is C=CC1CC(=O)N(c2ccccc2OC(C)C)C1. The highest BCUT2D eigenvalue weighted by Crippen LogP contribution is 2.33. The second-order valence-electron chi connectivity index (χ2n) is 4.84. The molecule has 1 aromatic rings. The highest BCUT2D eigenvalue weighted by atomic mass is 16.5. The normalized spacial score (nSPS) is 19.4. The second-order valence-corrected chi connectivity index (χ2v) is 4.84. The van der Waals surface area contributed by atoms with Crippen LogP contribution in [0.1, 0.15) is 20.3 Å². The lowest BCUT2D eigenvalue weighted by molar-refractivity contribution is -0.117. The fraction of sp³-hybridized carbons (Fsp3) is 0.400. The van der Waals surface area contributed by atoms with Crippen molar-refractivity contribution in [3.8, 4) is 5.75 Å². The molecule has 0 N–H and O–H groups in total. The Hall–Kier alpha value is -1.77. The first-order chi connectivity index (χ1) is 8.61. The topological polar surface area (TPSA) is 29.5 Å². The van der Waals surface area contributed by atoms with Crippen LogP contribution >= 0.6 is 0 Å². The average Bonchev–Trinajstić information content (AvgIpc) is 2.70. The Bertz CT molecular complexity index is 454. The number of amides is 1. The summed E-state index contributed by atoms with van der Waals surface area (Å²) >= 11 is 0. The molecule has 0 bridgehead atoms. The number of para-hydroxylation sites is 2. The Morgan fingerprint density at radius 1 is 1.44 bits per heavy atom. The van der Waals surface area contributed by atoms with Crippen molar-refractivity contribution in [2.24, 2.45) is 5.92 Å². The number of nitrogens with zero attached hydrogens (tertiary/aromatic N) is 1. The zero-order chi connectivity index (χ0) is 13.1. The molecule has 1 saturated heterocycles. The van der Waals surface area contributed by atoms with E-state index >= 15 is 0 Å². The predicted octanol–water partition coefficient (Wildman–Crippen LogP) is 3.01. The summed E-state index contributed by atoms with van der Waals surface area (Å²) in [4.78, 5) is 13.8. The van der Waals surface area contributed by atoms with Crippen LogP contribution in [0.3, 0.4) is 0 Å². The largest absolute Gasteiger partial charge is 0.489 e. The van der Waals surface area contributed by atoms with Gasteiger partial charge in [0.15, 0.2) is 0 Å². The maximum Gasteiger partial charge on any atom is 0.227 e. The maximum absolute atomic E-state index is 12.0. The highest BCUT2D eigenvalue weighted by molar-refractivity contribution is 5.97. The van der Waals surface area contributed by atoms with Gasteiger partial charge in [-0.25, -0.2) is 0 Å². The van der Waals surface area contributed by atoms with Crippen molar-refractivity contribution in [2.75, 3.05) is 11.4 Å². The molecule has 3 heteroatoms. The van der Waals surface area contributed by atoms with Crippen LogP contribution in [0.4, 0.5) is 5.69 Å². The first kappa shape index (κ1) is 12.7. The van der Waals surface area contributed by atoms with E-state index in [4.69, 9.17) is 4.74 Å². The molecular formula is C15H19NO2. The predicted molar refractivity (Wildman–Crippen MR) is 72.9 cm³/mol. The third-order valence-corrected chi connectivity index (χ3v) is 3.01. The molecule has 0 radical (unpaired) electrons. The quantitative estimate of drug-likeness (QED) is 0.763. The van der Waals surface area contributed by atoms with E-state index in [1.54, 1.807) is 4.90 Å². The highest BCUT2D eigenvalue weighted by Gasteiger charge is 2.30. The van der Waals surface area contributed by atoms with Gasteiger partial charge < -0.3 is 9.64 Å². The molecule has 1 aromatic carbocycles. The molecule has 1 atom stereocenters. The van der Waals surface area contributed by atoms with Crippen molar-refractivity contribution in [3.63, 3.8) is 0 Å². The number of hydrogen-bond donors (Lipinski definition) is 0. The van der Waals surface area contributed by atoms with E-state index in [0.717, 1.165) is 11.4 Å². The smallest absolute Gasteiger partial charge is 0.227 e. The van der Waals surface area contributed by atoms with Gasteiger partial charge in [-0.3, -0.25) is 4.79 Å². The van der Waals surface area contributed by atoms with Gasteiger partial charge in [0.2, 0.25) is 5.91 Å². The van der Waals surface area contributed by atoms with Gasteiger partial charge in [-0.2, -0.15) is 0 Å². The minimum absolute atomic E-state index is 0.0963. The number of hydrogen-bond acceptors (Lipinski definition) is 2. The Kier molecular flexibility index (Phi) is 3.70. The second kappa shape index (κ2) is 5.25. The Labute approximate surface area is 108 Å². The lowest BCUT2D eigenvalue weighted by atomic mass is 10.1. The summed E-state index contributed by atoms with van der Waals surface area (Å²) in [5, 5.41) is 0. The molecule has 1 fully saturated rings. The first-order valence-electron chi connectivity index (χ1n) is 6.30. The Balaban J connectivity index is 2.27. The molecule has 1 aliphatic heterocycles. The van der Waals surface area contributed by atoms with Gasteiger partial charge in [0.05, 0.1) is 11.8 Å². The van der Waals surface area contributed by atoms with Gasteiger partial charge in [-0.05, 0) is 26.0 Å². The standard InChI is InChI=1S/C15H19NO2/c1-4-12-9-15(17)16(10-12)13-7-5-6-8-14(13)18-11(2)3/h4-8,11-12H,1,9-10H2,2-3H3. The van der Waals surface area contributed by atoms with Gasteiger partial charge in [0.25, 0.3) is 0 Å². The number of ether oxygens (including phenoxy) is 1. The summed E-state index contributed by atoms with van der Waals surface area (Å²) in [6.07, 6.45) is 2.49. The van der Waals surface area contributed by atoms with E-state index < -0.39 is 0 Å². The molecule has 2 rings (SSSR count). The van der Waals surface area contributed by atoms with Crippen molar-refractivity contribution in [3.05, 3.63) is 36.9 Å². The average molecular weight is 245 g/mol. The van der Waals surface area contributed by atoms with Gasteiger partial charge in [-0.1, -0.05) is 18.2 Å². The number of anilines is 1. The minimum Gasteiger partial charge on any atom is -0.489 e. The van der Waals surface area contributed by atoms with Crippen LogP contribution in [0.15, 0.2) is 36.9 Å². The van der Waals surface area contributed by atoms with Gasteiger partial charge >= 0.3 is 0 Å². The fourth-order valence-electron chi connectivity index (χ4n) is 2.16. The van der Waals surface area contributed by atoms with E-state index in [-0.39, 0.29) is 17.9 Å². The maximum atomic E-state index is 12.0. The van der Waals surface area contributed by atoms with Gasteiger partial charge in [0, 0.05) is 18.9 Å². The van der Waals surface area contributed by atoms with Crippen LogP contribution in [0, 0.1) is 5.92 Å². The number of carbonyl (C=O) groups is 1. The van der Waals surface area contributed by atoms with Crippen LogP contribution in [0.5, 0.6) is 5.75 Å². The van der Waals surface area contributed by atoms with Crippen LogP contribution in [0.25, 0.3) is 0 Å². The molecule has 1 aliphatic rings. The number of benzene rings is 1. The molecule has 18 heavy (non-hydrogen) atoms. The lowest BCUT2D eigenvalue weighted by Gasteiger charge is -2.21. The Morgan fingerprint density at radius 3 is 2.78 bits per heavy atom. The number of carbonyl (C=O) groups excluding carboxylic acids is 1. The van der Waals surface area contributed by atoms with E-state index in [1.165, 1.54) is 0 Å². The van der Waals surface area contributed by atoms with Crippen LogP contribution in [0.2, 0.25) is 0 Å². The lowest BCUT2D eigenvalue weighted by Crippen LogP contribution is -2.25. The molecule has 0 saturated carbocycles. The Morgan fingerprint density at radius 2 is 2.17 bits per heavy atom. The van der Waals surface area contributed by atoms with Crippen LogP contribution < -0.4 is 9.64 Å². The summed E-state index contributed by atoms with van der Waals surface area (Å²) in [5.41, 5.74) is 0.862. The summed E-state index contributed by atoms with van der Waals surface area (Å²) in [6.45, 7) is 8.42. The van der Waals surface area contributed by atoms with Crippen molar-refractivity contribution in [2.45, 2.75) is 26.4 Å². The van der Waals surface area contributed by atoms with E-state index in [0.29, 0.717) is 13.0 Å². The van der Waals surface area contributed by atoms with Crippen LogP contribution in [-0.2, 0) is 4.79 Å². The molecule has 1 heterocycles. The zero-order valence-corrected chi connectivity index (χ0v) is 10.9. The molecule has 0 aliphatic carbocycles. The molecular weight excluding hydrogens is 226 g/mol. The molecule has 96 valence electrons. The molecule has 1 unspecified atom stereocenters. The molecule has 3 nitrogen and oxygen atoms in total. The van der Waals surface area contributed by atoms with Gasteiger partial charge in [0.1, 0.15) is 5.75 Å². The molecule has 0 aromatic heterocycles. The summed E-state index contributed by atoms with van der Waals surface area (Å²) in [7, 11) is 0. The summed E-state index contributed by atoms with van der Waals surface area (Å²) < 4.78 is 5.76. The molecule has 1 amide bonds. The van der Waals surface area contributed by atoms with E-state index in [2.05, 4.69) is 6.58 Å². The van der Waals surface area contributed by atoms with Crippen molar-refractivity contribution in [1.29, 1.82) is 0 Å². The molecule has 0 spiro atoms. The third-order valence-electron chi connectivity index (χ3n) is 3.01. The van der Waals surface area contributed by atoms with E-state index in [1.807, 2.05) is 44.2 Å². The van der Waals surface area contributed by atoms with Crippen molar-refractivity contribution >= 4 is 11.6 Å². The zero-order valence-electron chi connectivity index (χ0n) is 10.9. The fourth-order valence-corrected chi connectivity index (χ4v) is 2.16.